The molecule has 0 radical (unpaired) electrons. The summed E-state index contributed by atoms with van der Waals surface area (Å²) in [6.45, 7) is 6.65. The molecule has 478 valence electrons. The van der Waals surface area contributed by atoms with Gasteiger partial charge in [0.25, 0.3) is 8.32 Å². The molecule has 0 saturated carbocycles. The minimum absolute atomic E-state index is 0.0182. The lowest BCUT2D eigenvalue weighted by Crippen LogP contribution is -2.67. The van der Waals surface area contributed by atoms with E-state index in [0.29, 0.717) is 0 Å². The molecule has 0 aromatic heterocycles. The second-order valence-electron chi connectivity index (χ2n) is 23.6. The number of benzene rings is 8. The lowest BCUT2D eigenvalue weighted by Gasteiger charge is -2.48. The summed E-state index contributed by atoms with van der Waals surface area (Å²) in [6, 6.07) is 79.2. The minimum atomic E-state index is -4.04. The first kappa shape index (κ1) is 67.3. The number of rotatable bonds is 33. The molecule has 2 aliphatic rings. The van der Waals surface area contributed by atoms with E-state index in [-0.39, 0.29) is 59.6 Å². The Morgan fingerprint density at radius 2 is 0.846 bits per heavy atom. The quantitative estimate of drug-likeness (QED) is 0.0166. The third-order valence-corrected chi connectivity index (χ3v) is 23.2. The Kier molecular flexibility index (Phi) is 24.2. The van der Waals surface area contributed by atoms with E-state index < -0.39 is 87.7 Å². The summed E-state index contributed by atoms with van der Waals surface area (Å²) in [6.07, 6.45) is -10.5. The number of Topliss-reactive ketones (excluding diaryl/α,β-unsaturated/α-hetero) is 1. The Morgan fingerprint density at radius 3 is 1.26 bits per heavy atom. The van der Waals surface area contributed by atoms with Crippen LogP contribution in [0.2, 0.25) is 5.04 Å². The molecule has 0 unspecified atom stereocenters. The van der Waals surface area contributed by atoms with Crippen LogP contribution in [0.4, 0.5) is 0 Å². The molecule has 91 heavy (non-hydrogen) atoms. The van der Waals surface area contributed by atoms with Crippen LogP contribution in [-0.4, -0.2) is 109 Å². The maximum absolute atomic E-state index is 15.4. The molecule has 10 rings (SSSR count). The average molecular weight is 1270 g/mol. The Morgan fingerprint density at radius 1 is 0.473 bits per heavy atom. The molecule has 0 aliphatic carbocycles. The zero-order chi connectivity index (χ0) is 63.4. The van der Waals surface area contributed by atoms with Crippen LogP contribution in [0.1, 0.15) is 54.2 Å². The van der Waals surface area contributed by atoms with E-state index >= 15 is 4.79 Å². The van der Waals surface area contributed by atoms with Crippen LogP contribution in [0.3, 0.4) is 0 Å². The molecule has 2 saturated heterocycles. The van der Waals surface area contributed by atoms with Crippen molar-refractivity contribution in [2.24, 2.45) is 0 Å². The fourth-order valence-electron chi connectivity index (χ4n) is 11.8. The van der Waals surface area contributed by atoms with Gasteiger partial charge in [0.15, 0.2) is 12.1 Å². The molecule has 2 fully saturated rings. The van der Waals surface area contributed by atoms with Gasteiger partial charge in [-0.3, -0.25) is 9.36 Å². The number of hydrogen-bond donors (Lipinski definition) is 0. The number of hydrogen-bond acceptors (Lipinski definition) is 15. The molecule has 0 bridgehead atoms. The van der Waals surface area contributed by atoms with Gasteiger partial charge in [0.2, 0.25) is 5.79 Å². The van der Waals surface area contributed by atoms with Crippen molar-refractivity contribution in [2.45, 2.75) is 120 Å². The second kappa shape index (κ2) is 32.8. The first-order valence-electron chi connectivity index (χ1n) is 30.9. The smallest absolute Gasteiger partial charge is 0.337 e. The van der Waals surface area contributed by atoms with Gasteiger partial charge in [0.1, 0.15) is 62.3 Å². The molecule has 15 nitrogen and oxygen atoms in total. The molecule has 2 heterocycles. The van der Waals surface area contributed by atoms with Crippen molar-refractivity contribution in [2.75, 3.05) is 40.4 Å². The van der Waals surface area contributed by atoms with Crippen LogP contribution < -0.4 is 10.4 Å². The highest BCUT2D eigenvalue weighted by molar-refractivity contribution is 7.54. The molecule has 0 N–H and O–H groups in total. The van der Waals surface area contributed by atoms with Gasteiger partial charge in [0.05, 0.1) is 46.2 Å². The van der Waals surface area contributed by atoms with Crippen molar-refractivity contribution in [1.82, 2.24) is 0 Å². The van der Waals surface area contributed by atoms with Gasteiger partial charge >= 0.3 is 7.60 Å². The highest BCUT2D eigenvalue weighted by Gasteiger charge is 2.63. The summed E-state index contributed by atoms with van der Waals surface area (Å²) < 4.78 is 104. The lowest BCUT2D eigenvalue weighted by atomic mass is 9.95. The van der Waals surface area contributed by atoms with E-state index in [9.17, 15) is 4.57 Å². The molecule has 2 aliphatic heterocycles. The Balaban J connectivity index is 1.14. The van der Waals surface area contributed by atoms with Crippen LogP contribution in [-0.2, 0) is 110 Å². The monoisotopic (exact) mass is 1270 g/mol. The zero-order valence-corrected chi connectivity index (χ0v) is 54.2. The predicted octanol–water partition coefficient (Wildman–Crippen LogP) is 12.6. The molecule has 0 amide bonds. The summed E-state index contributed by atoms with van der Waals surface area (Å²) in [4.78, 5) is 15.4. The highest BCUT2D eigenvalue weighted by Crippen LogP contribution is 2.48. The Hall–Kier alpha value is -6.64. The van der Waals surface area contributed by atoms with Gasteiger partial charge in [-0.2, -0.15) is 0 Å². The van der Waals surface area contributed by atoms with Crippen LogP contribution in [0.5, 0.6) is 0 Å². The maximum atomic E-state index is 15.4. The summed E-state index contributed by atoms with van der Waals surface area (Å²) >= 11 is 0. The van der Waals surface area contributed by atoms with Crippen molar-refractivity contribution in [1.29, 1.82) is 0 Å². The number of ketones is 1. The maximum Gasteiger partial charge on any atom is 0.337 e. The Bertz CT molecular complexity index is 3400. The summed E-state index contributed by atoms with van der Waals surface area (Å²) in [7, 11) is -4.87. The molecule has 8 aromatic rings. The van der Waals surface area contributed by atoms with Crippen LogP contribution in [0.15, 0.2) is 243 Å². The van der Waals surface area contributed by atoms with Gasteiger partial charge in [-0.15, -0.1) is 0 Å². The molecular formula is C74H83O15PSi. The van der Waals surface area contributed by atoms with E-state index in [1.807, 2.05) is 218 Å². The molecular weight excluding hydrogens is 1190 g/mol. The van der Waals surface area contributed by atoms with Crippen molar-refractivity contribution in [3.63, 3.8) is 0 Å². The van der Waals surface area contributed by atoms with Crippen molar-refractivity contribution in [3.05, 3.63) is 276 Å². The third-order valence-electron chi connectivity index (χ3n) is 16.4. The van der Waals surface area contributed by atoms with E-state index in [2.05, 4.69) is 45.0 Å². The highest BCUT2D eigenvalue weighted by atomic mass is 31.2. The second-order valence-corrected chi connectivity index (χ2v) is 30.2. The van der Waals surface area contributed by atoms with Crippen LogP contribution in [0, 0.1) is 0 Å². The van der Waals surface area contributed by atoms with Gasteiger partial charge < -0.3 is 60.8 Å². The van der Waals surface area contributed by atoms with E-state index in [1.165, 1.54) is 14.2 Å². The molecule has 17 heteroatoms. The van der Waals surface area contributed by atoms with Crippen LogP contribution in [0.25, 0.3) is 0 Å². The normalized spacial score (nSPS) is 22.0. The molecule has 8 aromatic carbocycles. The fraction of sp³-hybridized carbons (Fsp3) is 0.338. The SMILES string of the molecule is COP(=O)(CC(=O)[C@H]1O[C@H](O[C@]2(COCOCc3ccccc3)O[C@H](CO[Si](c3ccccc3)(c3ccccc3)C(C)(C)C)[C@@H](OCc3ccccc3)[C@@H]2OCc2ccccc2)[C@@H](OCc2ccccc2)[C@@H](OCc2ccccc2)[C@@H]1OCc1ccccc1)OC. The van der Waals surface area contributed by atoms with Crippen molar-refractivity contribution < 1.29 is 70.2 Å². The number of carbonyl (C=O) groups is 1. The zero-order valence-electron chi connectivity index (χ0n) is 52.4. The van der Waals surface area contributed by atoms with Gasteiger partial charge in [-0.25, -0.2) is 0 Å². The van der Waals surface area contributed by atoms with Crippen molar-refractivity contribution >= 4 is 32.1 Å². The van der Waals surface area contributed by atoms with Crippen molar-refractivity contribution in [3.8, 4) is 0 Å². The minimum Gasteiger partial charge on any atom is -0.405 e. The standard InChI is InChI=1S/C74H83O15PSi/c1-73(2,3)91(62-42-26-12-27-43-62,63-44-28-13-29-45-63)86-52-65-67(81-47-57-32-16-7-17-33-57)71(85-51-61-40-24-11-25-41-61)74(88-65,54-80-55-79-46-56-30-14-6-15-31-56)89-72-70(84-50-60-38-22-10-23-39-60)69(83-49-59-36-20-9-21-37-59)68(82-48-58-34-18-8-19-35-58)66(87-72)64(75)53-90(76,77-4)78-5/h6-45,65-72H,46-55H2,1-5H3/t65-,66-,67-,68-,69+,70+,71+,72-,74+/m1/s1. The number of carbonyl (C=O) groups excluding carboxylic acids is 1. The lowest BCUT2D eigenvalue weighted by molar-refractivity contribution is -0.394. The number of ether oxygens (including phenoxy) is 10. The van der Waals surface area contributed by atoms with Gasteiger partial charge in [0, 0.05) is 14.2 Å². The first-order valence-corrected chi connectivity index (χ1v) is 34.5. The van der Waals surface area contributed by atoms with Gasteiger partial charge in [-0.05, 0) is 48.8 Å². The first-order chi connectivity index (χ1) is 44.4. The molecule has 9 atom stereocenters. The molecule has 0 spiro atoms. The van der Waals surface area contributed by atoms with E-state index in [1.54, 1.807) is 0 Å². The van der Waals surface area contributed by atoms with Crippen LogP contribution >= 0.6 is 7.60 Å². The third kappa shape index (κ3) is 17.5. The van der Waals surface area contributed by atoms with E-state index in [0.717, 1.165) is 43.8 Å². The summed E-state index contributed by atoms with van der Waals surface area (Å²) in [5, 5.41) is 1.69. The Labute approximate surface area is 536 Å². The van der Waals surface area contributed by atoms with Gasteiger partial charge in [-0.1, -0.05) is 263 Å². The fourth-order valence-corrected chi connectivity index (χ4v) is 17.3. The summed E-state index contributed by atoms with van der Waals surface area (Å²) in [5.41, 5.74) is 5.16. The topological polar surface area (TPSA) is 154 Å². The summed E-state index contributed by atoms with van der Waals surface area (Å²) in [5.74, 6) is -2.69. The average Bonchev–Trinajstić information content (AvgIpc) is 1.73. The van der Waals surface area contributed by atoms with E-state index in [4.69, 9.17) is 60.8 Å². The predicted molar refractivity (Wildman–Crippen MR) is 350 cm³/mol. The largest absolute Gasteiger partial charge is 0.405 e.